The topological polar surface area (TPSA) is 53.2 Å². The number of para-hydroxylation sites is 1. The van der Waals surface area contributed by atoms with Crippen LogP contribution in [0.1, 0.15) is 5.56 Å². The number of hydrogen-bond acceptors (Lipinski definition) is 3. The predicted molar refractivity (Wildman–Crippen MR) is 71.9 cm³/mol. The van der Waals surface area contributed by atoms with Gasteiger partial charge in [-0.15, -0.1) is 0 Å². The monoisotopic (exact) mass is 271 g/mol. The summed E-state index contributed by atoms with van der Waals surface area (Å²) in [5.41, 5.74) is 0.966. The Morgan fingerprint density at radius 2 is 2.00 bits per heavy atom. The molecule has 0 bridgehead atoms. The minimum Gasteiger partial charge on any atom is -0.465 e. The van der Waals surface area contributed by atoms with Crippen molar-refractivity contribution in [2.45, 2.75) is 5.60 Å². The molecule has 1 atom stereocenters. The standard InChI is InChI=1S/C15H10ClNO2/c16-10-5-6-11-12-3-1-2-4-14(12)19-15(8-17,9-18)13(11)7-10/h1-7,18H,9H2. The normalized spacial score (nSPS) is 19.8. The van der Waals surface area contributed by atoms with Gasteiger partial charge in [-0.05, 0) is 23.8 Å². The van der Waals surface area contributed by atoms with Crippen LogP contribution in [0.3, 0.4) is 0 Å². The van der Waals surface area contributed by atoms with Crippen LogP contribution >= 0.6 is 11.6 Å². The largest absolute Gasteiger partial charge is 0.465 e. The summed E-state index contributed by atoms with van der Waals surface area (Å²) in [7, 11) is 0. The number of halogens is 1. The zero-order valence-corrected chi connectivity index (χ0v) is 10.7. The predicted octanol–water partition coefficient (Wildman–Crippen LogP) is 3.11. The molecule has 3 rings (SSSR count). The molecule has 0 radical (unpaired) electrons. The van der Waals surface area contributed by atoms with Gasteiger partial charge in [0.25, 0.3) is 0 Å². The van der Waals surface area contributed by atoms with Crippen LogP contribution in [0.25, 0.3) is 11.1 Å². The summed E-state index contributed by atoms with van der Waals surface area (Å²) in [6.07, 6.45) is 0. The number of fused-ring (bicyclic) bond motifs is 3. The van der Waals surface area contributed by atoms with Crippen molar-refractivity contribution in [1.29, 1.82) is 5.26 Å². The number of aliphatic hydroxyl groups excluding tert-OH is 1. The molecule has 2 aromatic carbocycles. The summed E-state index contributed by atoms with van der Waals surface area (Å²) in [6, 6.07) is 14.8. The van der Waals surface area contributed by atoms with Crippen LogP contribution < -0.4 is 4.74 Å². The van der Waals surface area contributed by atoms with Crippen molar-refractivity contribution < 1.29 is 9.84 Å². The molecule has 2 aromatic rings. The summed E-state index contributed by atoms with van der Waals surface area (Å²) in [5, 5.41) is 19.5. The molecular weight excluding hydrogens is 262 g/mol. The first kappa shape index (κ1) is 12.0. The molecule has 3 nitrogen and oxygen atoms in total. The SMILES string of the molecule is N#CC1(CO)Oc2ccccc2-c2ccc(Cl)cc21. The van der Waals surface area contributed by atoms with Crippen LogP contribution in [0.5, 0.6) is 5.75 Å². The molecule has 0 fully saturated rings. The van der Waals surface area contributed by atoms with Crippen LogP contribution in [-0.4, -0.2) is 11.7 Å². The molecule has 0 saturated heterocycles. The Balaban J connectivity index is 2.35. The second-order valence-electron chi connectivity index (χ2n) is 4.39. The van der Waals surface area contributed by atoms with E-state index in [0.29, 0.717) is 16.3 Å². The van der Waals surface area contributed by atoms with E-state index in [2.05, 4.69) is 6.07 Å². The van der Waals surface area contributed by atoms with Gasteiger partial charge in [0.2, 0.25) is 5.60 Å². The van der Waals surface area contributed by atoms with Crippen molar-refractivity contribution in [3.63, 3.8) is 0 Å². The van der Waals surface area contributed by atoms with E-state index in [-0.39, 0.29) is 0 Å². The number of benzene rings is 2. The average molecular weight is 272 g/mol. The molecule has 1 heterocycles. The molecule has 94 valence electrons. The number of aliphatic hydroxyl groups is 1. The zero-order valence-electron chi connectivity index (χ0n) is 9.93. The second kappa shape index (κ2) is 4.27. The third-order valence-corrected chi connectivity index (χ3v) is 3.52. The highest BCUT2D eigenvalue weighted by molar-refractivity contribution is 6.30. The fraction of sp³-hybridized carbons (Fsp3) is 0.133. The van der Waals surface area contributed by atoms with Crippen molar-refractivity contribution >= 4 is 11.6 Å². The lowest BCUT2D eigenvalue weighted by Crippen LogP contribution is -2.38. The summed E-state index contributed by atoms with van der Waals surface area (Å²) in [6.45, 7) is -0.425. The Labute approximate surface area is 115 Å². The van der Waals surface area contributed by atoms with Gasteiger partial charge in [0.05, 0.1) is 0 Å². The fourth-order valence-corrected chi connectivity index (χ4v) is 2.51. The zero-order chi connectivity index (χ0) is 13.5. The summed E-state index contributed by atoms with van der Waals surface area (Å²) in [4.78, 5) is 0. The number of ether oxygens (including phenoxy) is 1. The van der Waals surface area contributed by atoms with Gasteiger partial charge in [0, 0.05) is 16.1 Å². The fourth-order valence-electron chi connectivity index (χ4n) is 2.34. The minimum absolute atomic E-state index is 0.425. The first-order valence-electron chi connectivity index (χ1n) is 5.81. The van der Waals surface area contributed by atoms with E-state index in [1.54, 1.807) is 18.2 Å². The molecule has 1 aliphatic heterocycles. The van der Waals surface area contributed by atoms with E-state index in [4.69, 9.17) is 16.3 Å². The number of nitrogens with zero attached hydrogens (tertiary/aromatic N) is 1. The van der Waals surface area contributed by atoms with Gasteiger partial charge in [-0.1, -0.05) is 35.9 Å². The molecule has 0 aliphatic carbocycles. The highest BCUT2D eigenvalue weighted by atomic mass is 35.5. The van der Waals surface area contributed by atoms with Crippen molar-refractivity contribution in [2.75, 3.05) is 6.61 Å². The molecule has 0 amide bonds. The van der Waals surface area contributed by atoms with Gasteiger partial charge >= 0.3 is 0 Å². The lowest BCUT2D eigenvalue weighted by atomic mass is 9.85. The van der Waals surface area contributed by atoms with Crippen LogP contribution in [0.15, 0.2) is 42.5 Å². The highest BCUT2D eigenvalue weighted by Crippen LogP contribution is 2.45. The Kier molecular flexibility index (Phi) is 2.70. The van der Waals surface area contributed by atoms with Gasteiger partial charge < -0.3 is 9.84 Å². The van der Waals surface area contributed by atoms with Gasteiger partial charge in [-0.25, -0.2) is 0 Å². The second-order valence-corrected chi connectivity index (χ2v) is 4.82. The van der Waals surface area contributed by atoms with E-state index >= 15 is 0 Å². The molecule has 19 heavy (non-hydrogen) atoms. The summed E-state index contributed by atoms with van der Waals surface area (Å²) in [5.74, 6) is 0.591. The van der Waals surface area contributed by atoms with Crippen molar-refractivity contribution in [3.8, 4) is 22.9 Å². The highest BCUT2D eigenvalue weighted by Gasteiger charge is 2.41. The van der Waals surface area contributed by atoms with E-state index in [0.717, 1.165) is 11.1 Å². The molecule has 1 aliphatic rings. The Morgan fingerprint density at radius 3 is 2.74 bits per heavy atom. The van der Waals surface area contributed by atoms with Crippen LogP contribution in [-0.2, 0) is 5.60 Å². The average Bonchev–Trinajstić information content (AvgIpc) is 2.46. The molecule has 1 N–H and O–H groups in total. The number of nitriles is 1. The van der Waals surface area contributed by atoms with Gasteiger partial charge in [-0.2, -0.15) is 5.26 Å². The smallest absolute Gasteiger partial charge is 0.243 e. The molecule has 0 aromatic heterocycles. The summed E-state index contributed by atoms with van der Waals surface area (Å²) < 4.78 is 5.73. The Bertz CT molecular complexity index is 693. The van der Waals surface area contributed by atoms with Crippen LogP contribution in [0.2, 0.25) is 5.02 Å². The Morgan fingerprint density at radius 1 is 1.21 bits per heavy atom. The molecular formula is C15H10ClNO2. The first-order valence-corrected chi connectivity index (χ1v) is 6.18. The van der Waals surface area contributed by atoms with Crippen molar-refractivity contribution in [3.05, 3.63) is 53.1 Å². The van der Waals surface area contributed by atoms with Crippen molar-refractivity contribution in [2.24, 2.45) is 0 Å². The van der Waals surface area contributed by atoms with E-state index < -0.39 is 12.2 Å². The Hall–Kier alpha value is -2.02. The maximum absolute atomic E-state index is 9.61. The van der Waals surface area contributed by atoms with Gasteiger partial charge in [0.1, 0.15) is 18.4 Å². The number of rotatable bonds is 1. The third-order valence-electron chi connectivity index (χ3n) is 3.28. The maximum atomic E-state index is 9.61. The van der Waals surface area contributed by atoms with Crippen LogP contribution in [0.4, 0.5) is 0 Å². The third kappa shape index (κ3) is 1.69. The van der Waals surface area contributed by atoms with E-state index in [1.165, 1.54) is 0 Å². The number of hydrogen-bond donors (Lipinski definition) is 1. The minimum atomic E-state index is -1.39. The lowest BCUT2D eigenvalue weighted by molar-refractivity contribution is 0.0522. The molecule has 0 spiro atoms. The first-order chi connectivity index (χ1) is 9.20. The van der Waals surface area contributed by atoms with E-state index in [9.17, 15) is 10.4 Å². The quantitative estimate of drug-likeness (QED) is 0.867. The van der Waals surface area contributed by atoms with Gasteiger partial charge in [-0.3, -0.25) is 0 Å². The van der Waals surface area contributed by atoms with Gasteiger partial charge in [0.15, 0.2) is 0 Å². The lowest BCUT2D eigenvalue weighted by Gasteiger charge is -2.33. The van der Waals surface area contributed by atoms with Crippen molar-refractivity contribution in [1.82, 2.24) is 0 Å². The maximum Gasteiger partial charge on any atom is 0.243 e. The van der Waals surface area contributed by atoms with Crippen LogP contribution in [0, 0.1) is 11.3 Å². The van der Waals surface area contributed by atoms with E-state index in [1.807, 2.05) is 24.3 Å². The molecule has 1 unspecified atom stereocenters. The summed E-state index contributed by atoms with van der Waals surface area (Å²) >= 11 is 6.00. The molecule has 4 heteroatoms. The molecule has 0 saturated carbocycles.